The van der Waals surface area contributed by atoms with Gasteiger partial charge in [0.25, 0.3) is 0 Å². The normalized spacial score (nSPS) is 14.8. The van der Waals surface area contributed by atoms with Gasteiger partial charge in [-0.3, -0.25) is 0 Å². The molecule has 1 aliphatic rings. The van der Waals surface area contributed by atoms with Crippen molar-refractivity contribution in [2.45, 2.75) is 30.9 Å². The highest BCUT2D eigenvalue weighted by Crippen LogP contribution is 2.23. The fourth-order valence-electron chi connectivity index (χ4n) is 2.95. The van der Waals surface area contributed by atoms with Gasteiger partial charge in [-0.15, -0.1) is 0 Å². The lowest BCUT2D eigenvalue weighted by Crippen LogP contribution is -2.30. The van der Waals surface area contributed by atoms with Gasteiger partial charge in [-0.1, -0.05) is 25.0 Å². The molecule has 1 saturated carbocycles. The molecule has 0 saturated heterocycles. The van der Waals surface area contributed by atoms with Gasteiger partial charge < -0.3 is 9.45 Å². The molecule has 1 heterocycles. The zero-order valence-corrected chi connectivity index (χ0v) is 17.0. The third-order valence-electron chi connectivity index (χ3n) is 4.66. The Bertz CT molecular complexity index is 853. The molecule has 2 aromatic rings. The zero-order chi connectivity index (χ0) is 19.9. The van der Waals surface area contributed by atoms with Crippen LogP contribution in [0.25, 0.3) is 12.2 Å². The van der Waals surface area contributed by atoms with Gasteiger partial charge in [0.1, 0.15) is 7.05 Å². The molecule has 0 amide bonds. The highest BCUT2D eigenvalue weighted by atomic mass is 32.2. The van der Waals surface area contributed by atoms with Crippen LogP contribution in [0.1, 0.15) is 36.9 Å². The summed E-state index contributed by atoms with van der Waals surface area (Å²) in [6.07, 6.45) is 9.25. The summed E-state index contributed by atoms with van der Waals surface area (Å²) in [7, 11) is 2.20. The van der Waals surface area contributed by atoms with Crippen LogP contribution in [-0.2, 0) is 17.2 Å². The fourth-order valence-corrected chi connectivity index (χ4v) is 3.86. The van der Waals surface area contributed by atoms with Crippen LogP contribution in [0.3, 0.4) is 0 Å². The Morgan fingerprint density at radius 2 is 1.67 bits per heavy atom. The first-order valence-electron chi connectivity index (χ1n) is 9.12. The molecule has 1 aliphatic carbocycles. The number of aromatic nitrogens is 1. The number of nitrogens with zero attached hydrogens (tertiary/aromatic N) is 2. The average Bonchev–Trinajstić information content (AvgIpc) is 3.17. The predicted octanol–water partition coefficient (Wildman–Crippen LogP) is 3.22. The van der Waals surface area contributed by atoms with Gasteiger partial charge in [-0.25, -0.2) is 13.0 Å². The van der Waals surface area contributed by atoms with Crippen molar-refractivity contribution in [2.24, 2.45) is 7.05 Å². The Morgan fingerprint density at radius 3 is 2.15 bits per heavy atom. The SMILES string of the molecule is CN(C)c1ccc(C=Cc2cccc[n+]2C)cc1.O=S(=O)([O-])C1CCCC1. The van der Waals surface area contributed by atoms with E-state index in [-0.39, 0.29) is 0 Å². The Labute approximate surface area is 162 Å². The van der Waals surface area contributed by atoms with Crippen molar-refractivity contribution in [3.63, 3.8) is 0 Å². The summed E-state index contributed by atoms with van der Waals surface area (Å²) in [5, 5.41) is -0.572. The van der Waals surface area contributed by atoms with E-state index in [1.54, 1.807) is 0 Å². The minimum atomic E-state index is -3.95. The van der Waals surface area contributed by atoms with E-state index in [2.05, 4.69) is 85.4 Å². The Balaban J connectivity index is 0.000000244. The van der Waals surface area contributed by atoms with E-state index in [1.165, 1.54) is 16.9 Å². The van der Waals surface area contributed by atoms with Gasteiger partial charge in [0.2, 0.25) is 5.69 Å². The maximum absolute atomic E-state index is 10.3. The van der Waals surface area contributed by atoms with Crippen LogP contribution in [0.5, 0.6) is 0 Å². The van der Waals surface area contributed by atoms with E-state index in [4.69, 9.17) is 0 Å². The summed E-state index contributed by atoms with van der Waals surface area (Å²) in [5.74, 6) is 0. The highest BCUT2D eigenvalue weighted by Gasteiger charge is 2.20. The lowest BCUT2D eigenvalue weighted by molar-refractivity contribution is -0.673. The number of benzene rings is 1. The van der Waals surface area contributed by atoms with E-state index in [1.807, 2.05) is 6.07 Å². The van der Waals surface area contributed by atoms with Crippen LogP contribution in [0.2, 0.25) is 0 Å². The van der Waals surface area contributed by atoms with Crippen molar-refractivity contribution < 1.29 is 17.5 Å². The molecule has 0 aliphatic heterocycles. The first-order chi connectivity index (χ1) is 12.8. The first-order valence-corrected chi connectivity index (χ1v) is 10.6. The van der Waals surface area contributed by atoms with Crippen molar-refractivity contribution in [1.82, 2.24) is 0 Å². The van der Waals surface area contributed by atoms with Crippen molar-refractivity contribution in [3.05, 3.63) is 59.9 Å². The van der Waals surface area contributed by atoms with Crippen LogP contribution in [0.15, 0.2) is 48.7 Å². The maximum Gasteiger partial charge on any atom is 0.204 e. The van der Waals surface area contributed by atoms with Crippen molar-refractivity contribution >= 4 is 28.0 Å². The summed E-state index contributed by atoms with van der Waals surface area (Å²) in [4.78, 5) is 2.10. The molecule has 0 bridgehead atoms. The Kier molecular flexibility index (Phi) is 7.56. The molecule has 0 N–H and O–H groups in total. The molecular formula is C21H28N2O3S. The molecule has 27 heavy (non-hydrogen) atoms. The van der Waals surface area contributed by atoms with Gasteiger partial charge in [0.05, 0.1) is 10.1 Å². The van der Waals surface area contributed by atoms with Crippen molar-refractivity contribution in [1.29, 1.82) is 0 Å². The quantitative estimate of drug-likeness (QED) is 0.596. The minimum absolute atomic E-state index is 0.572. The first kappa shape index (κ1) is 21.1. The minimum Gasteiger partial charge on any atom is -0.748 e. The van der Waals surface area contributed by atoms with Gasteiger partial charge in [0.15, 0.2) is 6.20 Å². The number of pyridine rings is 1. The molecule has 1 aromatic carbocycles. The number of aryl methyl sites for hydroxylation is 1. The summed E-state index contributed by atoms with van der Waals surface area (Å²) in [6.45, 7) is 0. The molecule has 0 atom stereocenters. The van der Waals surface area contributed by atoms with Gasteiger partial charge in [-0.05, 0) is 42.7 Å². The molecule has 0 unspecified atom stereocenters. The third kappa shape index (κ3) is 6.81. The summed E-state index contributed by atoms with van der Waals surface area (Å²) >= 11 is 0. The average molecular weight is 389 g/mol. The standard InChI is InChI=1S/C16H19N2.C5H10O3S/c1-17(2)15-10-7-14(8-11-15)9-12-16-6-4-5-13-18(16)3;6-9(7,8)5-3-1-2-4-5/h4-13H,1-3H3;5H,1-4H2,(H,6,7,8)/q+1;/p-1. The van der Waals surface area contributed by atoms with E-state index in [0.717, 1.165) is 12.8 Å². The van der Waals surface area contributed by atoms with E-state index < -0.39 is 15.4 Å². The molecule has 1 aromatic heterocycles. The lowest BCUT2D eigenvalue weighted by Gasteiger charge is -2.12. The molecule has 0 spiro atoms. The van der Waals surface area contributed by atoms with E-state index in [9.17, 15) is 13.0 Å². The van der Waals surface area contributed by atoms with Crippen LogP contribution >= 0.6 is 0 Å². The Morgan fingerprint density at radius 1 is 1.04 bits per heavy atom. The van der Waals surface area contributed by atoms with Crippen LogP contribution in [0, 0.1) is 0 Å². The van der Waals surface area contributed by atoms with Gasteiger partial charge in [0, 0.05) is 43.2 Å². The number of rotatable bonds is 4. The van der Waals surface area contributed by atoms with E-state index in [0.29, 0.717) is 12.8 Å². The summed E-state index contributed by atoms with van der Waals surface area (Å²) < 4.78 is 32.9. The topological polar surface area (TPSA) is 64.3 Å². The summed E-state index contributed by atoms with van der Waals surface area (Å²) in [6, 6.07) is 14.7. The second-order valence-corrected chi connectivity index (χ2v) is 8.61. The van der Waals surface area contributed by atoms with Gasteiger partial charge >= 0.3 is 0 Å². The highest BCUT2D eigenvalue weighted by molar-refractivity contribution is 7.86. The molecule has 3 rings (SSSR count). The number of anilines is 1. The fraction of sp³-hybridized carbons (Fsp3) is 0.381. The molecular weight excluding hydrogens is 360 g/mol. The molecule has 5 nitrogen and oxygen atoms in total. The lowest BCUT2D eigenvalue weighted by atomic mass is 10.1. The third-order valence-corrected chi connectivity index (χ3v) is 5.95. The summed E-state index contributed by atoms with van der Waals surface area (Å²) in [5.41, 5.74) is 3.62. The van der Waals surface area contributed by atoms with Crippen molar-refractivity contribution in [3.8, 4) is 0 Å². The molecule has 146 valence electrons. The van der Waals surface area contributed by atoms with Crippen molar-refractivity contribution in [2.75, 3.05) is 19.0 Å². The predicted molar refractivity (Wildman–Crippen MR) is 109 cm³/mol. The zero-order valence-electron chi connectivity index (χ0n) is 16.2. The molecule has 6 heteroatoms. The smallest absolute Gasteiger partial charge is 0.204 e. The second-order valence-electron chi connectivity index (χ2n) is 6.95. The number of hydrogen-bond donors (Lipinski definition) is 0. The number of hydrogen-bond acceptors (Lipinski definition) is 4. The largest absolute Gasteiger partial charge is 0.748 e. The molecule has 1 fully saturated rings. The second kappa shape index (κ2) is 9.67. The molecule has 0 radical (unpaired) electrons. The van der Waals surface area contributed by atoms with Crippen LogP contribution < -0.4 is 9.47 Å². The van der Waals surface area contributed by atoms with Gasteiger partial charge in [-0.2, -0.15) is 0 Å². The maximum atomic E-state index is 10.3. The monoisotopic (exact) mass is 388 g/mol. The van der Waals surface area contributed by atoms with Crippen LogP contribution in [-0.4, -0.2) is 32.3 Å². The Hall–Kier alpha value is -2.18. The van der Waals surface area contributed by atoms with Crippen LogP contribution in [0.4, 0.5) is 5.69 Å². The van der Waals surface area contributed by atoms with E-state index >= 15 is 0 Å².